The molecule has 0 bridgehead atoms. The zero-order valence-corrected chi connectivity index (χ0v) is 13.4. The number of rotatable bonds is 8. The smallest absolute Gasteiger partial charge is 0.226 e. The van der Waals surface area contributed by atoms with Crippen molar-refractivity contribution in [1.82, 2.24) is 10.1 Å². The Morgan fingerprint density at radius 2 is 1.90 bits per heavy atom. The van der Waals surface area contributed by atoms with Crippen LogP contribution in [0.15, 0.2) is 33.7 Å². The Labute approximate surface area is 129 Å². The molecule has 2 rings (SSSR count). The molecule has 0 amide bonds. The highest BCUT2D eigenvalue weighted by atomic mass is 32.2. The lowest BCUT2D eigenvalue weighted by Gasteiger charge is -2.13. The average Bonchev–Trinajstić information content (AvgIpc) is 2.96. The molecule has 0 fully saturated rings. The average molecular weight is 308 g/mol. The number of hydrogen-bond acceptors (Lipinski definition) is 6. The molecule has 0 unspecified atom stereocenters. The fourth-order valence-electron chi connectivity index (χ4n) is 1.90. The van der Waals surface area contributed by atoms with Crippen LogP contribution in [0.2, 0.25) is 0 Å². The van der Waals surface area contributed by atoms with Crippen molar-refractivity contribution in [2.75, 3.05) is 14.2 Å². The van der Waals surface area contributed by atoms with E-state index >= 15 is 0 Å². The monoisotopic (exact) mass is 308 g/mol. The number of benzene rings is 1. The number of methoxy groups -OCH3 is 2. The van der Waals surface area contributed by atoms with Gasteiger partial charge in [0.25, 0.3) is 0 Å². The Morgan fingerprint density at radius 1 is 1.19 bits per heavy atom. The van der Waals surface area contributed by atoms with Gasteiger partial charge in [-0.15, -0.1) is 11.8 Å². The summed E-state index contributed by atoms with van der Waals surface area (Å²) in [4.78, 5) is 5.49. The summed E-state index contributed by atoms with van der Waals surface area (Å²) in [6.45, 7) is 2.09. The first kappa shape index (κ1) is 16.0. The van der Waals surface area contributed by atoms with Crippen LogP contribution in [0, 0.1) is 0 Å². The summed E-state index contributed by atoms with van der Waals surface area (Å²) in [5.74, 6) is 2.15. The van der Waals surface area contributed by atoms with Gasteiger partial charge in [-0.3, -0.25) is 0 Å². The van der Waals surface area contributed by atoms with Crippen LogP contribution >= 0.6 is 11.8 Å². The second-order valence-electron chi connectivity index (χ2n) is 4.52. The first-order valence-corrected chi connectivity index (χ1v) is 7.85. The molecule has 1 heterocycles. The Morgan fingerprint density at radius 3 is 2.52 bits per heavy atom. The Bertz CT molecular complexity index is 538. The summed E-state index contributed by atoms with van der Waals surface area (Å²) < 4.78 is 15.6. The van der Waals surface area contributed by atoms with Crippen LogP contribution in [0.1, 0.15) is 36.9 Å². The summed E-state index contributed by atoms with van der Waals surface area (Å²) in [6, 6.07) is 8.08. The molecule has 0 aliphatic rings. The van der Waals surface area contributed by atoms with E-state index in [-0.39, 0.29) is 6.29 Å². The van der Waals surface area contributed by atoms with E-state index in [0.717, 1.165) is 29.1 Å². The highest BCUT2D eigenvalue weighted by Crippen LogP contribution is 2.25. The predicted molar refractivity (Wildman–Crippen MR) is 81.1 cm³/mol. The zero-order valence-electron chi connectivity index (χ0n) is 12.5. The van der Waals surface area contributed by atoms with Crippen molar-refractivity contribution in [2.24, 2.45) is 0 Å². The molecule has 0 aliphatic heterocycles. The van der Waals surface area contributed by atoms with Gasteiger partial charge >= 0.3 is 0 Å². The molecule has 0 N–H and O–H groups in total. The maximum Gasteiger partial charge on any atom is 0.226 e. The molecule has 0 atom stereocenters. The van der Waals surface area contributed by atoms with Gasteiger partial charge in [0.2, 0.25) is 5.89 Å². The summed E-state index contributed by atoms with van der Waals surface area (Å²) in [5, 5.41) is 3.98. The highest BCUT2D eigenvalue weighted by molar-refractivity contribution is 7.98. The molecule has 21 heavy (non-hydrogen) atoms. The van der Waals surface area contributed by atoms with Crippen LogP contribution in [0.4, 0.5) is 0 Å². The standard InChI is InChI=1S/C15H20N2O3S/c1-4-5-14-16-13(17-20-14)10-21-12-8-6-11(7-9-12)15(18-2)19-3/h6-9,15H,4-5,10H2,1-3H3. The molecule has 0 radical (unpaired) electrons. The van der Waals surface area contributed by atoms with E-state index in [1.807, 2.05) is 24.3 Å². The fraction of sp³-hybridized carbons (Fsp3) is 0.467. The molecule has 0 saturated heterocycles. The second kappa shape index (κ2) is 8.17. The molecule has 0 aliphatic carbocycles. The van der Waals surface area contributed by atoms with E-state index in [2.05, 4.69) is 17.1 Å². The minimum Gasteiger partial charge on any atom is -0.352 e. The molecular weight excluding hydrogens is 288 g/mol. The quantitative estimate of drug-likeness (QED) is 0.548. The molecule has 5 nitrogen and oxygen atoms in total. The van der Waals surface area contributed by atoms with E-state index in [0.29, 0.717) is 11.6 Å². The largest absolute Gasteiger partial charge is 0.352 e. The van der Waals surface area contributed by atoms with Crippen LogP contribution in [0.5, 0.6) is 0 Å². The second-order valence-corrected chi connectivity index (χ2v) is 5.56. The van der Waals surface area contributed by atoms with Gasteiger partial charge in [0.15, 0.2) is 12.1 Å². The molecule has 6 heteroatoms. The number of aromatic nitrogens is 2. The van der Waals surface area contributed by atoms with Gasteiger partial charge in [0.1, 0.15) is 0 Å². The lowest BCUT2D eigenvalue weighted by Crippen LogP contribution is -2.02. The number of ether oxygens (including phenoxy) is 2. The van der Waals surface area contributed by atoms with Gasteiger partial charge in [-0.1, -0.05) is 24.2 Å². The van der Waals surface area contributed by atoms with Gasteiger partial charge in [-0.2, -0.15) is 4.98 Å². The van der Waals surface area contributed by atoms with Crippen LogP contribution in [-0.2, 0) is 21.6 Å². The Balaban J connectivity index is 1.90. The topological polar surface area (TPSA) is 57.4 Å². The number of aryl methyl sites for hydroxylation is 1. The van der Waals surface area contributed by atoms with Crippen molar-refractivity contribution in [2.45, 2.75) is 36.7 Å². The van der Waals surface area contributed by atoms with E-state index in [4.69, 9.17) is 14.0 Å². The Hall–Kier alpha value is -1.37. The lowest BCUT2D eigenvalue weighted by molar-refractivity contribution is -0.106. The van der Waals surface area contributed by atoms with Crippen LogP contribution < -0.4 is 0 Å². The van der Waals surface area contributed by atoms with Gasteiger partial charge in [-0.25, -0.2) is 0 Å². The summed E-state index contributed by atoms with van der Waals surface area (Å²) in [7, 11) is 3.25. The molecule has 1 aromatic carbocycles. The van der Waals surface area contributed by atoms with E-state index in [9.17, 15) is 0 Å². The molecule has 1 aromatic heterocycles. The van der Waals surface area contributed by atoms with Crippen molar-refractivity contribution >= 4 is 11.8 Å². The first-order chi connectivity index (χ1) is 10.3. The minimum atomic E-state index is -0.321. The van der Waals surface area contributed by atoms with Crippen molar-refractivity contribution < 1.29 is 14.0 Å². The minimum absolute atomic E-state index is 0.321. The molecule has 2 aromatic rings. The maximum atomic E-state index is 5.22. The van der Waals surface area contributed by atoms with Crippen LogP contribution in [0.25, 0.3) is 0 Å². The van der Waals surface area contributed by atoms with Crippen molar-refractivity contribution in [1.29, 1.82) is 0 Å². The van der Waals surface area contributed by atoms with Gasteiger partial charge in [-0.05, 0) is 18.6 Å². The molecule has 114 valence electrons. The summed E-state index contributed by atoms with van der Waals surface area (Å²) in [6.07, 6.45) is 1.52. The zero-order chi connectivity index (χ0) is 15.1. The third kappa shape index (κ3) is 4.56. The first-order valence-electron chi connectivity index (χ1n) is 6.86. The predicted octanol–water partition coefficient (Wildman–Crippen LogP) is 3.61. The van der Waals surface area contributed by atoms with Gasteiger partial charge < -0.3 is 14.0 Å². The normalized spacial score (nSPS) is 11.2. The number of nitrogens with zero attached hydrogens (tertiary/aromatic N) is 2. The van der Waals surface area contributed by atoms with Crippen LogP contribution in [0.3, 0.4) is 0 Å². The van der Waals surface area contributed by atoms with E-state index in [1.165, 1.54) is 0 Å². The van der Waals surface area contributed by atoms with Gasteiger partial charge in [0, 0.05) is 31.1 Å². The van der Waals surface area contributed by atoms with Crippen LogP contribution in [-0.4, -0.2) is 24.4 Å². The molecule has 0 spiro atoms. The fourth-order valence-corrected chi connectivity index (χ4v) is 2.64. The summed E-state index contributed by atoms with van der Waals surface area (Å²) in [5.41, 5.74) is 0.995. The molecule has 0 saturated carbocycles. The number of hydrogen-bond donors (Lipinski definition) is 0. The van der Waals surface area contributed by atoms with Crippen molar-refractivity contribution in [3.05, 3.63) is 41.5 Å². The molecular formula is C15H20N2O3S. The van der Waals surface area contributed by atoms with E-state index in [1.54, 1.807) is 26.0 Å². The van der Waals surface area contributed by atoms with Crippen molar-refractivity contribution in [3.8, 4) is 0 Å². The Kier molecular flexibility index (Phi) is 6.22. The third-order valence-corrected chi connectivity index (χ3v) is 3.93. The van der Waals surface area contributed by atoms with E-state index < -0.39 is 0 Å². The summed E-state index contributed by atoms with van der Waals surface area (Å²) >= 11 is 1.67. The third-order valence-electron chi connectivity index (χ3n) is 2.92. The van der Waals surface area contributed by atoms with Gasteiger partial charge in [0.05, 0.1) is 5.75 Å². The lowest BCUT2D eigenvalue weighted by atomic mass is 10.2. The van der Waals surface area contributed by atoms with Crippen molar-refractivity contribution in [3.63, 3.8) is 0 Å². The maximum absolute atomic E-state index is 5.22. The highest BCUT2D eigenvalue weighted by Gasteiger charge is 2.09. The number of thioether (sulfide) groups is 1. The SMILES string of the molecule is CCCc1nc(CSc2ccc(C(OC)OC)cc2)no1.